The number of halogens is 6. The average Bonchev–Trinajstić information content (AvgIpc) is 3.16. The highest BCUT2D eigenvalue weighted by Gasteiger charge is 2.33. The van der Waals surface area contributed by atoms with E-state index in [-0.39, 0.29) is 34.5 Å². The predicted molar refractivity (Wildman–Crippen MR) is 101 cm³/mol. The molecule has 0 spiro atoms. The van der Waals surface area contributed by atoms with Crippen molar-refractivity contribution in [2.75, 3.05) is 11.1 Å². The van der Waals surface area contributed by atoms with Gasteiger partial charge >= 0.3 is 12.4 Å². The lowest BCUT2D eigenvalue weighted by Crippen LogP contribution is -2.18. The van der Waals surface area contributed by atoms with E-state index in [9.17, 15) is 31.1 Å². The quantitative estimate of drug-likeness (QED) is 0.481. The second-order valence-electron chi connectivity index (χ2n) is 6.17. The van der Waals surface area contributed by atoms with Crippen LogP contribution in [0.5, 0.6) is 0 Å². The van der Waals surface area contributed by atoms with Crippen molar-refractivity contribution in [1.82, 2.24) is 10.1 Å². The fourth-order valence-electron chi connectivity index (χ4n) is 2.52. The summed E-state index contributed by atoms with van der Waals surface area (Å²) in [7, 11) is 0. The molecule has 164 valence electrons. The molecule has 3 rings (SSSR count). The highest BCUT2D eigenvalue weighted by Crippen LogP contribution is 2.35. The molecule has 0 atom stereocenters. The van der Waals surface area contributed by atoms with Crippen LogP contribution >= 0.6 is 11.8 Å². The monoisotopic (exact) mass is 461 g/mol. The second kappa shape index (κ2) is 9.00. The van der Waals surface area contributed by atoms with E-state index in [4.69, 9.17) is 4.52 Å². The van der Waals surface area contributed by atoms with Crippen LogP contribution in [0, 0.1) is 0 Å². The van der Waals surface area contributed by atoms with Crippen LogP contribution in [0.15, 0.2) is 53.1 Å². The van der Waals surface area contributed by atoms with Crippen LogP contribution in [-0.2, 0) is 22.9 Å². The molecule has 3 aromatic rings. The Morgan fingerprint density at radius 1 is 1.00 bits per heavy atom. The third kappa shape index (κ3) is 6.00. The van der Waals surface area contributed by atoms with Crippen LogP contribution in [0.4, 0.5) is 32.0 Å². The second-order valence-corrected chi connectivity index (χ2v) is 7.16. The van der Waals surface area contributed by atoms with Crippen molar-refractivity contribution in [3.05, 3.63) is 65.5 Å². The number of carbonyl (C=O) groups excluding carboxylic acids is 1. The van der Waals surface area contributed by atoms with Crippen molar-refractivity contribution in [3.8, 4) is 11.4 Å². The summed E-state index contributed by atoms with van der Waals surface area (Å²) in [6, 6.07) is 8.98. The standard InChI is InChI=1S/C19H13F6N3O2S/c20-18(21,22)12-5-3-4-11(8-12)17-27-16(30-28-17)10-31-9-15(29)26-14-7-2-1-6-13(14)19(23,24)25/h1-8H,9-10H2,(H,26,29). The van der Waals surface area contributed by atoms with E-state index in [0.29, 0.717) is 0 Å². The highest BCUT2D eigenvalue weighted by atomic mass is 32.2. The fraction of sp³-hybridized carbons (Fsp3) is 0.211. The number of rotatable bonds is 6. The first-order valence-corrected chi connectivity index (χ1v) is 9.73. The molecule has 0 unspecified atom stereocenters. The number of amides is 1. The average molecular weight is 461 g/mol. The smallest absolute Gasteiger partial charge is 0.338 e. The summed E-state index contributed by atoms with van der Waals surface area (Å²) in [4.78, 5) is 16.0. The Hall–Kier alpha value is -3.02. The van der Waals surface area contributed by atoms with Crippen LogP contribution in [0.2, 0.25) is 0 Å². The van der Waals surface area contributed by atoms with Gasteiger partial charge in [0.1, 0.15) is 0 Å². The molecule has 5 nitrogen and oxygen atoms in total. The summed E-state index contributed by atoms with van der Waals surface area (Å²) in [5, 5.41) is 5.82. The number of anilines is 1. The Labute approximate surface area is 175 Å². The Kier molecular flexibility index (Phi) is 6.58. The van der Waals surface area contributed by atoms with Crippen molar-refractivity contribution in [1.29, 1.82) is 0 Å². The van der Waals surface area contributed by atoms with E-state index in [2.05, 4.69) is 15.5 Å². The van der Waals surface area contributed by atoms with E-state index in [1.165, 1.54) is 24.3 Å². The highest BCUT2D eigenvalue weighted by molar-refractivity contribution is 7.99. The van der Waals surface area contributed by atoms with Crippen LogP contribution in [0.25, 0.3) is 11.4 Å². The molecule has 1 heterocycles. The number of nitrogens with one attached hydrogen (secondary N) is 1. The largest absolute Gasteiger partial charge is 0.418 e. The number of thioether (sulfide) groups is 1. The van der Waals surface area contributed by atoms with Crippen molar-refractivity contribution < 1.29 is 35.7 Å². The third-order valence-corrected chi connectivity index (χ3v) is 4.80. The summed E-state index contributed by atoms with van der Waals surface area (Å²) in [6.45, 7) is 0. The number of carbonyl (C=O) groups is 1. The minimum absolute atomic E-state index is 0.0420. The van der Waals surface area contributed by atoms with Crippen molar-refractivity contribution >= 4 is 23.4 Å². The molecular formula is C19H13F6N3O2S. The Balaban J connectivity index is 1.57. The first-order valence-electron chi connectivity index (χ1n) is 8.58. The number of benzene rings is 2. The minimum atomic E-state index is -4.61. The van der Waals surface area contributed by atoms with Crippen molar-refractivity contribution in [3.63, 3.8) is 0 Å². The number of alkyl halides is 6. The zero-order valence-corrected chi connectivity index (χ0v) is 16.2. The van der Waals surface area contributed by atoms with Crippen LogP contribution < -0.4 is 5.32 Å². The van der Waals surface area contributed by atoms with Gasteiger partial charge in [-0.15, -0.1) is 11.8 Å². The van der Waals surface area contributed by atoms with Gasteiger partial charge in [-0.1, -0.05) is 29.4 Å². The van der Waals surface area contributed by atoms with E-state index in [1.807, 2.05) is 0 Å². The van der Waals surface area contributed by atoms with Gasteiger partial charge in [0.05, 0.1) is 28.3 Å². The molecule has 1 amide bonds. The molecule has 0 radical (unpaired) electrons. The Morgan fingerprint density at radius 2 is 1.74 bits per heavy atom. The molecule has 12 heteroatoms. The van der Waals surface area contributed by atoms with Gasteiger partial charge in [0.2, 0.25) is 17.6 Å². The lowest BCUT2D eigenvalue weighted by molar-refractivity contribution is -0.138. The molecule has 0 saturated heterocycles. The molecule has 0 bridgehead atoms. The van der Waals surface area contributed by atoms with Crippen LogP contribution in [0.1, 0.15) is 17.0 Å². The van der Waals surface area contributed by atoms with Crippen LogP contribution in [0.3, 0.4) is 0 Å². The van der Waals surface area contributed by atoms with E-state index >= 15 is 0 Å². The zero-order valence-electron chi connectivity index (χ0n) is 15.4. The lowest BCUT2D eigenvalue weighted by atomic mass is 10.1. The van der Waals surface area contributed by atoms with E-state index in [0.717, 1.165) is 36.0 Å². The first kappa shape index (κ1) is 22.7. The Bertz CT molecular complexity index is 1070. The molecule has 1 aromatic heterocycles. The molecule has 2 aromatic carbocycles. The van der Waals surface area contributed by atoms with E-state index < -0.39 is 29.4 Å². The zero-order chi connectivity index (χ0) is 22.6. The maximum atomic E-state index is 13.0. The number of nitrogens with zero attached hydrogens (tertiary/aromatic N) is 2. The molecule has 0 aliphatic rings. The summed E-state index contributed by atoms with van der Waals surface area (Å²) in [5.41, 5.74) is -2.07. The summed E-state index contributed by atoms with van der Waals surface area (Å²) >= 11 is 0.993. The van der Waals surface area contributed by atoms with Gasteiger partial charge in [0.15, 0.2) is 0 Å². The number of hydrogen-bond donors (Lipinski definition) is 1. The SMILES string of the molecule is O=C(CSCc1nc(-c2cccc(C(F)(F)F)c2)no1)Nc1ccccc1C(F)(F)F. The van der Waals surface area contributed by atoms with E-state index in [1.54, 1.807) is 0 Å². The van der Waals surface area contributed by atoms with Crippen LogP contribution in [-0.4, -0.2) is 21.8 Å². The van der Waals surface area contributed by atoms with Gasteiger partial charge in [-0.2, -0.15) is 31.3 Å². The normalized spacial score (nSPS) is 12.1. The van der Waals surface area contributed by atoms with Gasteiger partial charge in [-0.05, 0) is 24.3 Å². The topological polar surface area (TPSA) is 68.0 Å². The molecule has 0 aliphatic heterocycles. The summed E-state index contributed by atoms with van der Waals surface area (Å²) in [6.07, 6.45) is -9.13. The number of para-hydroxylation sites is 1. The molecule has 31 heavy (non-hydrogen) atoms. The Morgan fingerprint density at radius 3 is 2.45 bits per heavy atom. The number of aromatic nitrogens is 2. The van der Waals surface area contributed by atoms with Gasteiger partial charge in [0.25, 0.3) is 0 Å². The lowest BCUT2D eigenvalue weighted by Gasteiger charge is -2.13. The van der Waals surface area contributed by atoms with Gasteiger partial charge < -0.3 is 9.84 Å². The molecular weight excluding hydrogens is 448 g/mol. The maximum absolute atomic E-state index is 13.0. The van der Waals surface area contributed by atoms with Gasteiger partial charge in [0, 0.05) is 5.56 Å². The van der Waals surface area contributed by atoms with Gasteiger partial charge in [-0.25, -0.2) is 0 Å². The maximum Gasteiger partial charge on any atom is 0.418 e. The predicted octanol–water partition coefficient (Wildman–Crippen LogP) is 5.65. The first-order chi connectivity index (χ1) is 14.5. The van der Waals surface area contributed by atoms with Gasteiger partial charge in [-0.3, -0.25) is 4.79 Å². The molecule has 0 fully saturated rings. The minimum Gasteiger partial charge on any atom is -0.338 e. The molecule has 0 aliphatic carbocycles. The summed E-state index contributed by atoms with van der Waals surface area (Å²) < 4.78 is 82.3. The number of hydrogen-bond acceptors (Lipinski definition) is 5. The fourth-order valence-corrected chi connectivity index (χ4v) is 3.17. The molecule has 0 saturated carbocycles. The summed E-state index contributed by atoms with van der Waals surface area (Å²) in [5.74, 6) is -0.821. The van der Waals surface area contributed by atoms with Crippen molar-refractivity contribution in [2.45, 2.75) is 18.1 Å². The van der Waals surface area contributed by atoms with Crippen molar-refractivity contribution in [2.24, 2.45) is 0 Å². The molecule has 1 N–H and O–H groups in total. The third-order valence-electron chi connectivity index (χ3n) is 3.88.